The van der Waals surface area contributed by atoms with E-state index in [2.05, 4.69) is 33.7 Å². The maximum Gasteiger partial charge on any atom is 0.162 e. The van der Waals surface area contributed by atoms with Gasteiger partial charge in [0.2, 0.25) is 0 Å². The monoisotopic (exact) mass is 395 g/mol. The van der Waals surface area contributed by atoms with E-state index in [1.165, 1.54) is 11.1 Å². The third-order valence-corrected chi connectivity index (χ3v) is 4.47. The first-order chi connectivity index (χ1) is 13.9. The van der Waals surface area contributed by atoms with Crippen LogP contribution in [-0.2, 0) is 24.3 Å². The number of benzene rings is 1. The maximum atomic E-state index is 5.75. The summed E-state index contributed by atoms with van der Waals surface area (Å²) >= 11 is 0. The fraction of sp³-hybridized carbons (Fsp3) is 0.391. The standard InChI is InChI=1S/C23H29N3O3/c1-23(2,3)28-16-21-13-19(26-29-21)15-25-22(12-17-6-5-11-24-14-17)18-7-9-20(27-4)10-8-18/h5-11,13-14,22,25H,12,15-16H2,1-4H3. The minimum absolute atomic E-state index is 0.107. The third kappa shape index (κ3) is 6.69. The fourth-order valence-electron chi connectivity index (χ4n) is 2.92. The molecule has 0 saturated carbocycles. The highest BCUT2D eigenvalue weighted by molar-refractivity contribution is 5.30. The molecule has 0 amide bonds. The first-order valence-electron chi connectivity index (χ1n) is 9.77. The maximum absolute atomic E-state index is 5.75. The van der Waals surface area contributed by atoms with Gasteiger partial charge in [-0.25, -0.2) is 0 Å². The van der Waals surface area contributed by atoms with Crippen LogP contribution in [-0.4, -0.2) is 22.9 Å². The molecule has 3 aromatic rings. The highest BCUT2D eigenvalue weighted by atomic mass is 16.5. The number of nitrogens with zero attached hydrogens (tertiary/aromatic N) is 2. The summed E-state index contributed by atoms with van der Waals surface area (Å²) in [5, 5.41) is 7.76. The highest BCUT2D eigenvalue weighted by Crippen LogP contribution is 2.22. The van der Waals surface area contributed by atoms with Crippen LogP contribution in [0.3, 0.4) is 0 Å². The summed E-state index contributed by atoms with van der Waals surface area (Å²) in [5.74, 6) is 1.57. The predicted octanol–water partition coefficient (Wildman–Crippen LogP) is 4.47. The van der Waals surface area contributed by atoms with E-state index in [1.807, 2.05) is 51.2 Å². The van der Waals surface area contributed by atoms with Crippen LogP contribution < -0.4 is 10.1 Å². The first kappa shape index (κ1) is 21.0. The molecule has 0 aliphatic heterocycles. The predicted molar refractivity (Wildman–Crippen MR) is 112 cm³/mol. The molecule has 3 rings (SSSR count). The Labute approximate surface area is 172 Å². The van der Waals surface area contributed by atoms with Gasteiger partial charge in [-0.1, -0.05) is 23.4 Å². The Kier molecular flexibility index (Phi) is 7.01. The van der Waals surface area contributed by atoms with Crippen LogP contribution >= 0.6 is 0 Å². The molecule has 6 heteroatoms. The van der Waals surface area contributed by atoms with Crippen molar-refractivity contribution in [3.8, 4) is 5.75 Å². The van der Waals surface area contributed by atoms with Crippen LogP contribution in [0.15, 0.2) is 59.4 Å². The minimum atomic E-state index is -0.214. The topological polar surface area (TPSA) is 69.4 Å². The van der Waals surface area contributed by atoms with E-state index < -0.39 is 0 Å². The molecule has 0 spiro atoms. The van der Waals surface area contributed by atoms with Crippen molar-refractivity contribution in [3.63, 3.8) is 0 Å². The highest BCUT2D eigenvalue weighted by Gasteiger charge is 2.15. The summed E-state index contributed by atoms with van der Waals surface area (Å²) in [6.07, 6.45) is 4.50. The van der Waals surface area contributed by atoms with Gasteiger partial charge >= 0.3 is 0 Å². The Balaban J connectivity index is 1.67. The van der Waals surface area contributed by atoms with Gasteiger partial charge in [-0.2, -0.15) is 0 Å². The molecule has 1 atom stereocenters. The van der Waals surface area contributed by atoms with E-state index in [0.717, 1.165) is 23.6 Å². The average molecular weight is 396 g/mol. The van der Waals surface area contributed by atoms with Gasteiger partial charge in [-0.15, -0.1) is 0 Å². The van der Waals surface area contributed by atoms with E-state index >= 15 is 0 Å². The summed E-state index contributed by atoms with van der Waals surface area (Å²) in [6, 6.07) is 14.2. The number of hydrogen-bond acceptors (Lipinski definition) is 6. The van der Waals surface area contributed by atoms with Crippen molar-refractivity contribution in [2.45, 2.75) is 52.0 Å². The van der Waals surface area contributed by atoms with Crippen LogP contribution in [0.5, 0.6) is 5.75 Å². The Hall–Kier alpha value is -2.70. The number of hydrogen-bond donors (Lipinski definition) is 1. The largest absolute Gasteiger partial charge is 0.497 e. The number of ether oxygens (including phenoxy) is 2. The molecule has 154 valence electrons. The molecule has 1 unspecified atom stereocenters. The lowest BCUT2D eigenvalue weighted by Crippen LogP contribution is -2.23. The lowest BCUT2D eigenvalue weighted by atomic mass is 9.99. The molecule has 0 bridgehead atoms. The smallest absolute Gasteiger partial charge is 0.162 e. The fourth-order valence-corrected chi connectivity index (χ4v) is 2.92. The summed E-state index contributed by atoms with van der Waals surface area (Å²) in [4.78, 5) is 4.23. The zero-order valence-corrected chi connectivity index (χ0v) is 17.5. The number of methoxy groups -OCH3 is 1. The Bertz CT molecular complexity index is 870. The molecule has 0 fully saturated rings. The van der Waals surface area contributed by atoms with Gasteiger partial charge in [0, 0.05) is 31.0 Å². The molecule has 2 aromatic heterocycles. The van der Waals surface area contributed by atoms with Gasteiger partial charge in [0.05, 0.1) is 18.4 Å². The van der Waals surface area contributed by atoms with Crippen LogP contribution in [0.1, 0.15) is 49.4 Å². The van der Waals surface area contributed by atoms with Crippen molar-refractivity contribution < 1.29 is 14.0 Å². The van der Waals surface area contributed by atoms with Crippen LogP contribution in [0.2, 0.25) is 0 Å². The normalized spacial score (nSPS) is 12.7. The number of rotatable bonds is 9. The zero-order valence-electron chi connectivity index (χ0n) is 17.5. The lowest BCUT2D eigenvalue weighted by Gasteiger charge is -2.19. The molecule has 0 aliphatic carbocycles. The molecule has 6 nitrogen and oxygen atoms in total. The molecular weight excluding hydrogens is 366 g/mol. The summed E-state index contributed by atoms with van der Waals surface area (Å²) in [7, 11) is 1.67. The van der Waals surface area contributed by atoms with Crippen molar-refractivity contribution in [1.82, 2.24) is 15.5 Å². The molecule has 1 N–H and O–H groups in total. The van der Waals surface area contributed by atoms with Gasteiger partial charge in [0.1, 0.15) is 12.4 Å². The van der Waals surface area contributed by atoms with Gasteiger partial charge in [0.15, 0.2) is 5.76 Å². The van der Waals surface area contributed by atoms with Crippen molar-refractivity contribution >= 4 is 0 Å². The Morgan fingerprint density at radius 1 is 1.14 bits per heavy atom. The number of aromatic nitrogens is 2. The summed E-state index contributed by atoms with van der Waals surface area (Å²) < 4.78 is 16.4. The second-order valence-electron chi connectivity index (χ2n) is 7.96. The third-order valence-electron chi connectivity index (χ3n) is 4.47. The van der Waals surface area contributed by atoms with Crippen LogP contribution in [0.25, 0.3) is 0 Å². The molecule has 2 heterocycles. The van der Waals surface area contributed by atoms with Crippen molar-refractivity contribution in [3.05, 3.63) is 77.4 Å². The molecular formula is C23H29N3O3. The molecule has 0 aliphatic rings. The number of pyridine rings is 1. The van der Waals surface area contributed by atoms with Gasteiger partial charge in [-0.05, 0) is 56.5 Å². The Morgan fingerprint density at radius 3 is 2.59 bits per heavy atom. The SMILES string of the molecule is COc1ccc(C(Cc2cccnc2)NCc2cc(COC(C)(C)C)on2)cc1. The second kappa shape index (κ2) is 9.67. The minimum Gasteiger partial charge on any atom is -0.497 e. The molecule has 1 aromatic carbocycles. The van der Waals surface area contributed by atoms with Gasteiger partial charge in [-0.3, -0.25) is 4.98 Å². The Morgan fingerprint density at radius 2 is 1.93 bits per heavy atom. The van der Waals surface area contributed by atoms with Crippen molar-refractivity contribution in [1.29, 1.82) is 0 Å². The molecule has 0 saturated heterocycles. The molecule has 0 radical (unpaired) electrons. The quantitative estimate of drug-likeness (QED) is 0.577. The zero-order chi connectivity index (χ0) is 20.7. The average Bonchev–Trinajstić information content (AvgIpc) is 3.18. The lowest BCUT2D eigenvalue weighted by molar-refractivity contribution is -0.0241. The van der Waals surface area contributed by atoms with E-state index in [1.54, 1.807) is 13.3 Å². The first-order valence-corrected chi connectivity index (χ1v) is 9.77. The van der Waals surface area contributed by atoms with Gasteiger partial charge < -0.3 is 19.3 Å². The van der Waals surface area contributed by atoms with E-state index in [9.17, 15) is 0 Å². The van der Waals surface area contributed by atoms with E-state index in [4.69, 9.17) is 14.0 Å². The molecule has 29 heavy (non-hydrogen) atoms. The van der Waals surface area contributed by atoms with Crippen molar-refractivity contribution in [2.75, 3.05) is 7.11 Å². The number of nitrogens with one attached hydrogen (secondary N) is 1. The second-order valence-corrected chi connectivity index (χ2v) is 7.96. The summed E-state index contributed by atoms with van der Waals surface area (Å²) in [6.45, 7) is 7.06. The van der Waals surface area contributed by atoms with Crippen molar-refractivity contribution in [2.24, 2.45) is 0 Å². The van der Waals surface area contributed by atoms with Gasteiger partial charge in [0.25, 0.3) is 0 Å². The summed E-state index contributed by atoms with van der Waals surface area (Å²) in [5.41, 5.74) is 2.98. The van der Waals surface area contributed by atoms with E-state index in [-0.39, 0.29) is 11.6 Å². The van der Waals surface area contributed by atoms with E-state index in [0.29, 0.717) is 13.2 Å². The van der Waals surface area contributed by atoms with Crippen LogP contribution in [0.4, 0.5) is 0 Å². The van der Waals surface area contributed by atoms with Crippen LogP contribution in [0, 0.1) is 0 Å².